The van der Waals surface area contributed by atoms with Crippen LogP contribution in [0.25, 0.3) is 11.3 Å². The van der Waals surface area contributed by atoms with Crippen LogP contribution < -0.4 is 0 Å². The van der Waals surface area contributed by atoms with Gasteiger partial charge in [-0.3, -0.25) is 4.21 Å². The van der Waals surface area contributed by atoms with Crippen molar-refractivity contribution in [2.75, 3.05) is 6.61 Å². The molecule has 1 aliphatic heterocycles. The van der Waals surface area contributed by atoms with E-state index in [-0.39, 0.29) is 11.4 Å². The maximum Gasteiger partial charge on any atom is 0.207 e. The zero-order chi connectivity index (χ0) is 13.9. The van der Waals surface area contributed by atoms with E-state index in [9.17, 15) is 4.21 Å². The second kappa shape index (κ2) is 5.89. The molecule has 0 N–H and O–H groups in total. The van der Waals surface area contributed by atoms with Crippen molar-refractivity contribution in [3.05, 3.63) is 42.4 Å². The summed E-state index contributed by atoms with van der Waals surface area (Å²) in [7, 11) is -1.00. The number of rotatable bonds is 4. The van der Waals surface area contributed by atoms with E-state index in [4.69, 9.17) is 9.15 Å². The van der Waals surface area contributed by atoms with Crippen LogP contribution in [0, 0.1) is 0 Å². The second-order valence-corrected chi connectivity index (χ2v) is 6.57. The van der Waals surface area contributed by atoms with Crippen molar-refractivity contribution in [2.45, 2.75) is 30.5 Å². The van der Waals surface area contributed by atoms with Crippen molar-refractivity contribution in [1.82, 2.24) is 4.98 Å². The highest BCUT2D eigenvalue weighted by Gasteiger charge is 2.30. The fraction of sp³-hybridized carbons (Fsp3) is 0.400. The van der Waals surface area contributed by atoms with Gasteiger partial charge < -0.3 is 9.15 Å². The minimum Gasteiger partial charge on any atom is -0.440 e. The van der Waals surface area contributed by atoms with Crippen LogP contribution in [0.5, 0.6) is 0 Å². The highest BCUT2D eigenvalue weighted by molar-refractivity contribution is 7.84. The summed E-state index contributed by atoms with van der Waals surface area (Å²) in [5.74, 6) is 1.60. The molecule has 1 aromatic heterocycles. The number of hydrogen-bond acceptors (Lipinski definition) is 4. The fourth-order valence-electron chi connectivity index (χ4n) is 2.40. The van der Waals surface area contributed by atoms with Crippen LogP contribution in [0.3, 0.4) is 0 Å². The molecule has 1 fully saturated rings. The highest BCUT2D eigenvalue weighted by atomic mass is 32.2. The molecule has 5 heteroatoms. The highest BCUT2D eigenvalue weighted by Crippen LogP contribution is 2.23. The van der Waals surface area contributed by atoms with Gasteiger partial charge >= 0.3 is 0 Å². The van der Waals surface area contributed by atoms with Gasteiger partial charge in [-0.05, 0) is 13.3 Å². The van der Waals surface area contributed by atoms with E-state index in [0.29, 0.717) is 24.0 Å². The SMILES string of the molecule is CC1OCCC1S(=O)Cc1ncc(-c2ccccc2)o1. The predicted molar refractivity (Wildman–Crippen MR) is 77.6 cm³/mol. The summed E-state index contributed by atoms with van der Waals surface area (Å²) in [6, 6.07) is 9.79. The van der Waals surface area contributed by atoms with Crippen molar-refractivity contribution >= 4 is 10.8 Å². The lowest BCUT2D eigenvalue weighted by atomic mass is 10.2. The van der Waals surface area contributed by atoms with Crippen molar-refractivity contribution in [1.29, 1.82) is 0 Å². The Balaban J connectivity index is 1.70. The minimum absolute atomic E-state index is 0.0550. The van der Waals surface area contributed by atoms with E-state index in [1.165, 1.54) is 0 Å². The van der Waals surface area contributed by atoms with Gasteiger partial charge in [-0.1, -0.05) is 30.3 Å². The summed E-state index contributed by atoms with van der Waals surface area (Å²) >= 11 is 0. The van der Waals surface area contributed by atoms with E-state index in [2.05, 4.69) is 4.98 Å². The number of ether oxygens (including phenoxy) is 1. The largest absolute Gasteiger partial charge is 0.440 e. The molecule has 2 heterocycles. The van der Waals surface area contributed by atoms with Crippen molar-refractivity contribution in [3.63, 3.8) is 0 Å². The molecule has 3 rings (SSSR count). The van der Waals surface area contributed by atoms with Crippen LogP contribution in [0.4, 0.5) is 0 Å². The van der Waals surface area contributed by atoms with Crippen molar-refractivity contribution in [2.24, 2.45) is 0 Å². The zero-order valence-electron chi connectivity index (χ0n) is 11.3. The third-order valence-electron chi connectivity index (χ3n) is 3.52. The van der Waals surface area contributed by atoms with Crippen molar-refractivity contribution < 1.29 is 13.4 Å². The van der Waals surface area contributed by atoms with E-state index in [0.717, 1.165) is 12.0 Å². The number of benzene rings is 1. The zero-order valence-corrected chi connectivity index (χ0v) is 12.1. The first kappa shape index (κ1) is 13.5. The lowest BCUT2D eigenvalue weighted by Gasteiger charge is -2.11. The molecule has 1 saturated heterocycles. The average molecular weight is 291 g/mol. The topological polar surface area (TPSA) is 52.3 Å². The van der Waals surface area contributed by atoms with Crippen LogP contribution in [0.2, 0.25) is 0 Å². The number of oxazole rings is 1. The molecule has 3 atom stereocenters. The summed E-state index contributed by atoms with van der Waals surface area (Å²) < 4.78 is 23.4. The molecule has 1 aromatic carbocycles. The van der Waals surface area contributed by atoms with Gasteiger partial charge in [0.15, 0.2) is 5.76 Å². The maximum absolute atomic E-state index is 12.3. The Kier molecular flexibility index (Phi) is 3.98. The fourth-order valence-corrected chi connectivity index (χ4v) is 3.86. The first-order chi connectivity index (χ1) is 9.74. The standard InChI is InChI=1S/C15H17NO3S/c1-11-14(7-8-18-11)20(17)10-15-16-9-13(19-15)12-5-3-2-4-6-12/h2-6,9,11,14H,7-8,10H2,1H3. The van der Waals surface area contributed by atoms with Gasteiger partial charge in [-0.25, -0.2) is 4.98 Å². The number of aromatic nitrogens is 1. The molecule has 4 nitrogen and oxygen atoms in total. The molecule has 0 spiro atoms. The molecule has 106 valence electrons. The molecule has 3 unspecified atom stereocenters. The molecule has 0 amide bonds. The molecular formula is C15H17NO3S. The van der Waals surface area contributed by atoms with Gasteiger partial charge in [0.1, 0.15) is 5.75 Å². The third-order valence-corrected chi connectivity index (χ3v) is 5.35. The molecule has 0 aliphatic carbocycles. The van der Waals surface area contributed by atoms with Crippen LogP contribution in [-0.4, -0.2) is 27.2 Å². The molecule has 0 bridgehead atoms. The minimum atomic E-state index is -1.00. The molecule has 0 saturated carbocycles. The van der Waals surface area contributed by atoms with E-state index >= 15 is 0 Å². The van der Waals surface area contributed by atoms with Gasteiger partial charge in [0.2, 0.25) is 5.89 Å². The Morgan fingerprint density at radius 1 is 1.35 bits per heavy atom. The summed E-state index contributed by atoms with van der Waals surface area (Å²) in [5, 5.41) is 0.0853. The molecule has 20 heavy (non-hydrogen) atoms. The monoisotopic (exact) mass is 291 g/mol. The lowest BCUT2D eigenvalue weighted by Crippen LogP contribution is -2.24. The van der Waals surface area contributed by atoms with Crippen LogP contribution >= 0.6 is 0 Å². The second-order valence-electron chi connectivity index (χ2n) is 4.91. The quantitative estimate of drug-likeness (QED) is 0.869. The Morgan fingerprint density at radius 2 is 2.15 bits per heavy atom. The third kappa shape index (κ3) is 2.83. The average Bonchev–Trinajstić information content (AvgIpc) is 3.09. The van der Waals surface area contributed by atoms with E-state index < -0.39 is 10.8 Å². The predicted octanol–water partition coefficient (Wildman–Crippen LogP) is 2.77. The van der Waals surface area contributed by atoms with Gasteiger partial charge in [-0.2, -0.15) is 0 Å². The number of hydrogen-bond donors (Lipinski definition) is 0. The molecule has 1 aliphatic rings. The summed E-state index contributed by atoms with van der Waals surface area (Å²) in [4.78, 5) is 4.23. The molecule has 0 radical (unpaired) electrons. The molecular weight excluding hydrogens is 274 g/mol. The first-order valence-electron chi connectivity index (χ1n) is 6.73. The van der Waals surface area contributed by atoms with Gasteiger partial charge in [0.05, 0.1) is 17.6 Å². The molecule has 2 aromatic rings. The Hall–Kier alpha value is -1.46. The summed E-state index contributed by atoms with van der Waals surface area (Å²) in [6.07, 6.45) is 2.59. The van der Waals surface area contributed by atoms with Crippen LogP contribution in [0.15, 0.2) is 40.9 Å². The van der Waals surface area contributed by atoms with Crippen LogP contribution in [0.1, 0.15) is 19.2 Å². The normalized spacial score (nSPS) is 23.9. The van der Waals surface area contributed by atoms with Gasteiger partial charge in [0, 0.05) is 23.0 Å². The maximum atomic E-state index is 12.3. The van der Waals surface area contributed by atoms with Crippen molar-refractivity contribution in [3.8, 4) is 11.3 Å². The van der Waals surface area contributed by atoms with E-state index in [1.54, 1.807) is 6.20 Å². The van der Waals surface area contributed by atoms with Gasteiger partial charge in [0.25, 0.3) is 0 Å². The Bertz CT molecular complexity index is 596. The summed E-state index contributed by atoms with van der Waals surface area (Å²) in [5.41, 5.74) is 0.981. The van der Waals surface area contributed by atoms with E-state index in [1.807, 2.05) is 37.3 Å². The lowest BCUT2D eigenvalue weighted by molar-refractivity contribution is 0.127. The Morgan fingerprint density at radius 3 is 2.85 bits per heavy atom. The number of nitrogens with zero attached hydrogens (tertiary/aromatic N) is 1. The first-order valence-corrected chi connectivity index (χ1v) is 8.11. The smallest absolute Gasteiger partial charge is 0.207 e. The Labute approximate surface area is 120 Å². The van der Waals surface area contributed by atoms with Gasteiger partial charge in [-0.15, -0.1) is 0 Å². The summed E-state index contributed by atoms with van der Waals surface area (Å²) in [6.45, 7) is 2.67. The van der Waals surface area contributed by atoms with Crippen LogP contribution in [-0.2, 0) is 21.3 Å².